The van der Waals surface area contributed by atoms with E-state index < -0.39 is 46.5 Å². The Morgan fingerprint density at radius 2 is 1.62 bits per heavy atom. The van der Waals surface area contributed by atoms with Crippen LogP contribution in [0.4, 0.5) is 26.3 Å². The number of ether oxygens (including phenoxy) is 1. The summed E-state index contributed by atoms with van der Waals surface area (Å²) in [6, 6.07) is 13.4. The molecule has 2 aromatic carbocycles. The summed E-state index contributed by atoms with van der Waals surface area (Å²) in [5, 5.41) is 2.76. The maximum atomic E-state index is 13.1. The van der Waals surface area contributed by atoms with Crippen molar-refractivity contribution in [1.29, 1.82) is 0 Å². The number of nitrogens with zero attached hydrogens (tertiary/aromatic N) is 1. The molecule has 0 saturated heterocycles. The van der Waals surface area contributed by atoms with Crippen LogP contribution in [0.3, 0.4) is 0 Å². The Morgan fingerprint density at radius 3 is 2.25 bits per heavy atom. The highest BCUT2D eigenvalue weighted by atomic mass is 19.4. The van der Waals surface area contributed by atoms with Gasteiger partial charge >= 0.3 is 12.4 Å². The van der Waals surface area contributed by atoms with E-state index in [0.29, 0.717) is 25.6 Å². The highest BCUT2D eigenvalue weighted by Gasteiger charge is 2.37. The number of alkyl halides is 6. The number of aromatic amines is 1. The summed E-state index contributed by atoms with van der Waals surface area (Å²) < 4.78 is 83.8. The molecule has 1 heterocycles. The number of hydrogen-bond acceptors (Lipinski definition) is 3. The number of benzene rings is 2. The number of amides is 2. The van der Waals surface area contributed by atoms with Gasteiger partial charge in [-0.05, 0) is 56.0 Å². The first-order chi connectivity index (χ1) is 18.8. The molecule has 3 aromatic rings. The summed E-state index contributed by atoms with van der Waals surface area (Å²) in [6.07, 6.45) is -5.48. The monoisotopic (exact) mass is 567 g/mol. The van der Waals surface area contributed by atoms with Gasteiger partial charge < -0.3 is 15.0 Å². The molecule has 0 fully saturated rings. The first kappa shape index (κ1) is 30.5. The largest absolute Gasteiger partial charge is 0.478 e. The second-order valence-electron chi connectivity index (χ2n) is 9.14. The third-order valence-corrected chi connectivity index (χ3v) is 6.02. The van der Waals surface area contributed by atoms with Crippen molar-refractivity contribution in [3.05, 3.63) is 89.2 Å². The van der Waals surface area contributed by atoms with E-state index in [1.807, 2.05) is 30.3 Å². The highest BCUT2D eigenvalue weighted by Crippen LogP contribution is 2.33. The van der Waals surface area contributed by atoms with Crippen molar-refractivity contribution in [2.75, 3.05) is 6.54 Å². The van der Waals surface area contributed by atoms with Crippen molar-refractivity contribution in [2.45, 2.75) is 50.6 Å². The first-order valence-electron chi connectivity index (χ1n) is 12.3. The fourth-order valence-electron chi connectivity index (χ4n) is 3.84. The van der Waals surface area contributed by atoms with Gasteiger partial charge in [0.25, 0.3) is 11.8 Å². The highest BCUT2D eigenvalue weighted by molar-refractivity contribution is 6.00. The van der Waals surface area contributed by atoms with E-state index in [-0.39, 0.29) is 18.6 Å². The second-order valence-corrected chi connectivity index (χ2v) is 9.14. The molecule has 0 aliphatic heterocycles. The molecule has 0 radical (unpaired) electrons. The molecule has 214 valence electrons. The number of aromatic nitrogens is 1. The van der Waals surface area contributed by atoms with E-state index in [9.17, 15) is 35.9 Å². The van der Waals surface area contributed by atoms with E-state index in [1.54, 1.807) is 0 Å². The maximum Gasteiger partial charge on any atom is 0.418 e. The third-order valence-electron chi connectivity index (χ3n) is 6.02. The van der Waals surface area contributed by atoms with E-state index in [0.717, 1.165) is 42.2 Å². The predicted molar refractivity (Wildman–Crippen MR) is 136 cm³/mol. The van der Waals surface area contributed by atoms with Crippen molar-refractivity contribution in [2.24, 2.45) is 4.99 Å². The molecular weight excluding hydrogens is 540 g/mol. The quantitative estimate of drug-likeness (QED) is 0.155. The zero-order valence-corrected chi connectivity index (χ0v) is 21.4. The van der Waals surface area contributed by atoms with Gasteiger partial charge in [-0.2, -0.15) is 26.3 Å². The van der Waals surface area contributed by atoms with Crippen molar-refractivity contribution >= 4 is 18.0 Å². The SMILES string of the molecule is CC(CCC=NC(=O)c1c[nH]cc1C(F)(F)F)(Oc1ccc(C(F)(F)F)cc1)C(=O)NCCCc1ccccc1. The van der Waals surface area contributed by atoms with Gasteiger partial charge in [0.15, 0.2) is 5.60 Å². The van der Waals surface area contributed by atoms with Gasteiger partial charge in [0.1, 0.15) is 5.75 Å². The topological polar surface area (TPSA) is 83.6 Å². The van der Waals surface area contributed by atoms with Crippen LogP contribution in [0.2, 0.25) is 0 Å². The number of halogens is 6. The summed E-state index contributed by atoms with van der Waals surface area (Å²) in [5.41, 5.74) is -3.20. The summed E-state index contributed by atoms with van der Waals surface area (Å²) in [4.78, 5) is 31.1. The van der Waals surface area contributed by atoms with Gasteiger partial charge in [-0.1, -0.05) is 30.3 Å². The molecule has 2 amide bonds. The average Bonchev–Trinajstić information content (AvgIpc) is 3.40. The van der Waals surface area contributed by atoms with Gasteiger partial charge in [0.2, 0.25) is 0 Å². The number of carbonyl (C=O) groups is 2. The molecule has 6 nitrogen and oxygen atoms in total. The molecule has 0 aliphatic carbocycles. The van der Waals surface area contributed by atoms with Crippen LogP contribution in [-0.2, 0) is 23.6 Å². The van der Waals surface area contributed by atoms with Gasteiger partial charge in [-0.3, -0.25) is 9.59 Å². The number of H-pyrrole nitrogens is 1. The Bertz CT molecular complexity index is 1300. The molecule has 0 saturated carbocycles. The molecule has 0 spiro atoms. The Morgan fingerprint density at radius 1 is 0.950 bits per heavy atom. The first-order valence-corrected chi connectivity index (χ1v) is 12.3. The van der Waals surface area contributed by atoms with E-state index in [1.165, 1.54) is 6.92 Å². The lowest BCUT2D eigenvalue weighted by molar-refractivity contribution is -0.138. The van der Waals surface area contributed by atoms with Crippen molar-refractivity contribution in [1.82, 2.24) is 10.3 Å². The number of aryl methyl sites for hydroxylation is 1. The van der Waals surface area contributed by atoms with Gasteiger partial charge in [-0.25, -0.2) is 4.99 Å². The zero-order valence-electron chi connectivity index (χ0n) is 21.4. The number of aliphatic imine (C=N–C) groups is 1. The Labute approximate surface area is 226 Å². The van der Waals surface area contributed by atoms with Crippen LogP contribution >= 0.6 is 0 Å². The second kappa shape index (κ2) is 12.8. The van der Waals surface area contributed by atoms with Gasteiger partial charge in [-0.15, -0.1) is 0 Å². The Balaban J connectivity index is 1.68. The summed E-state index contributed by atoms with van der Waals surface area (Å²) in [6.45, 7) is 1.72. The maximum absolute atomic E-state index is 13.1. The molecule has 1 unspecified atom stereocenters. The number of carbonyl (C=O) groups excluding carboxylic acids is 2. The van der Waals surface area contributed by atoms with Crippen molar-refractivity contribution < 1.29 is 40.7 Å². The molecule has 12 heteroatoms. The van der Waals surface area contributed by atoms with E-state index in [4.69, 9.17) is 4.74 Å². The Kier molecular flexibility index (Phi) is 9.78. The van der Waals surface area contributed by atoms with Crippen molar-refractivity contribution in [3.63, 3.8) is 0 Å². The summed E-state index contributed by atoms with van der Waals surface area (Å²) in [5.74, 6) is -1.67. The summed E-state index contributed by atoms with van der Waals surface area (Å²) in [7, 11) is 0. The molecule has 1 atom stereocenters. The predicted octanol–water partition coefficient (Wildman–Crippen LogP) is 6.63. The lowest BCUT2D eigenvalue weighted by Crippen LogP contribution is -2.49. The minimum atomic E-state index is -4.74. The lowest BCUT2D eigenvalue weighted by Gasteiger charge is -2.29. The van der Waals surface area contributed by atoms with Crippen LogP contribution in [0.5, 0.6) is 5.75 Å². The number of nitrogens with one attached hydrogen (secondary N) is 2. The average molecular weight is 568 g/mol. The molecule has 0 aliphatic rings. The number of hydrogen-bond donors (Lipinski definition) is 2. The van der Waals surface area contributed by atoms with E-state index in [2.05, 4.69) is 15.3 Å². The molecule has 0 bridgehead atoms. The molecule has 2 N–H and O–H groups in total. The van der Waals surface area contributed by atoms with Crippen LogP contribution in [0.15, 0.2) is 72.0 Å². The van der Waals surface area contributed by atoms with Crippen molar-refractivity contribution in [3.8, 4) is 5.75 Å². The van der Waals surface area contributed by atoms with Crippen LogP contribution in [-0.4, -0.2) is 35.2 Å². The molecule has 3 rings (SSSR count). The van der Waals surface area contributed by atoms with Crippen LogP contribution in [0.25, 0.3) is 0 Å². The van der Waals surface area contributed by atoms with Gasteiger partial charge in [0, 0.05) is 31.6 Å². The number of rotatable bonds is 11. The molecule has 40 heavy (non-hydrogen) atoms. The minimum Gasteiger partial charge on any atom is -0.478 e. The smallest absolute Gasteiger partial charge is 0.418 e. The van der Waals surface area contributed by atoms with Gasteiger partial charge in [0.05, 0.1) is 16.7 Å². The van der Waals surface area contributed by atoms with Crippen LogP contribution < -0.4 is 10.1 Å². The fraction of sp³-hybridized carbons (Fsp3) is 0.321. The molecular formula is C28H27F6N3O3. The minimum absolute atomic E-state index is 0.00472. The third kappa shape index (κ3) is 8.45. The fourth-order valence-corrected chi connectivity index (χ4v) is 3.84. The normalized spacial score (nSPS) is 13.7. The lowest BCUT2D eigenvalue weighted by atomic mass is 9.98. The Hall–Kier alpha value is -4.09. The van der Waals surface area contributed by atoms with E-state index >= 15 is 0 Å². The zero-order chi connectivity index (χ0) is 29.4. The van der Waals surface area contributed by atoms with Crippen LogP contribution in [0, 0.1) is 0 Å². The van der Waals surface area contributed by atoms with Crippen LogP contribution in [0.1, 0.15) is 53.2 Å². The molecule has 1 aromatic heterocycles. The standard InChI is InChI=1S/C28H27F6N3O3/c1-26(40-21-12-10-20(11-13-21)27(29,30)31,25(39)37-15-5-9-19-7-3-2-4-8-19)14-6-16-36-24(38)22-17-35-18-23(22)28(32,33)34/h2-4,7-8,10-13,16-18,35H,5-6,9,14-15H2,1H3,(H,37,39). The summed E-state index contributed by atoms with van der Waals surface area (Å²) >= 11 is 0.